The average Bonchev–Trinajstić information content (AvgIpc) is 2.46. The van der Waals surface area contributed by atoms with E-state index in [1.807, 2.05) is 44.2 Å². The fourth-order valence-corrected chi connectivity index (χ4v) is 2.11. The molecule has 0 fully saturated rings. The van der Waals surface area contributed by atoms with Crippen molar-refractivity contribution in [3.63, 3.8) is 0 Å². The lowest BCUT2D eigenvalue weighted by Gasteiger charge is -2.15. The highest BCUT2D eigenvalue weighted by Gasteiger charge is 2.16. The summed E-state index contributed by atoms with van der Waals surface area (Å²) in [6.45, 7) is 4.46. The number of pyridine rings is 1. The summed E-state index contributed by atoms with van der Waals surface area (Å²) in [5.74, 6) is 0.0578. The molecule has 1 aromatic carbocycles. The minimum Gasteiger partial charge on any atom is -0.354 e. The van der Waals surface area contributed by atoms with Gasteiger partial charge in [0, 0.05) is 18.1 Å². The first-order valence-corrected chi connectivity index (χ1v) is 6.95. The quantitative estimate of drug-likeness (QED) is 0.876. The molecule has 0 aliphatic heterocycles. The Hall–Kier alpha value is -1.36. The molecule has 2 rings (SSSR count). The van der Waals surface area contributed by atoms with Crippen LogP contribution in [0, 0.1) is 5.92 Å². The molecule has 0 saturated heterocycles. The molecule has 3 N–H and O–H groups in total. The van der Waals surface area contributed by atoms with E-state index in [1.165, 1.54) is 0 Å². The van der Waals surface area contributed by atoms with E-state index in [-0.39, 0.29) is 36.6 Å². The number of aromatic nitrogens is 1. The SMILES string of the molecule is CC(C)C(N)C(=O)NCCc1cccc2cccnc12.Cl.Cl. The van der Waals surface area contributed by atoms with Crippen LogP contribution in [0.15, 0.2) is 36.5 Å². The Kier molecular flexibility index (Phi) is 9.02. The molecular weight excluding hydrogens is 321 g/mol. The van der Waals surface area contributed by atoms with Crippen LogP contribution in [-0.2, 0) is 11.2 Å². The molecule has 0 bridgehead atoms. The third kappa shape index (κ3) is 5.13. The first-order valence-electron chi connectivity index (χ1n) is 6.95. The van der Waals surface area contributed by atoms with Gasteiger partial charge in [-0.1, -0.05) is 38.1 Å². The van der Waals surface area contributed by atoms with Crippen LogP contribution in [0.25, 0.3) is 10.9 Å². The van der Waals surface area contributed by atoms with Gasteiger partial charge in [-0.25, -0.2) is 0 Å². The molecule has 1 heterocycles. The first kappa shape index (κ1) is 20.6. The molecule has 0 aliphatic rings. The van der Waals surface area contributed by atoms with Crippen LogP contribution in [0.2, 0.25) is 0 Å². The Balaban J connectivity index is 0.00000220. The van der Waals surface area contributed by atoms with E-state index in [9.17, 15) is 4.79 Å². The second-order valence-electron chi connectivity index (χ2n) is 5.30. The molecule has 1 atom stereocenters. The van der Waals surface area contributed by atoms with Crippen molar-refractivity contribution in [2.24, 2.45) is 11.7 Å². The van der Waals surface area contributed by atoms with E-state index in [0.29, 0.717) is 6.54 Å². The minimum atomic E-state index is -0.444. The van der Waals surface area contributed by atoms with Gasteiger partial charge < -0.3 is 11.1 Å². The number of hydrogen-bond acceptors (Lipinski definition) is 3. The number of benzene rings is 1. The number of halogens is 2. The number of amides is 1. The zero-order valence-electron chi connectivity index (χ0n) is 12.8. The number of nitrogens with one attached hydrogen (secondary N) is 1. The molecule has 1 amide bonds. The third-order valence-corrected chi connectivity index (χ3v) is 3.43. The summed E-state index contributed by atoms with van der Waals surface area (Å²) < 4.78 is 0. The molecular formula is C16H23Cl2N3O. The molecule has 0 radical (unpaired) electrons. The molecule has 1 unspecified atom stereocenters. The minimum absolute atomic E-state index is 0. The van der Waals surface area contributed by atoms with E-state index in [4.69, 9.17) is 5.73 Å². The van der Waals surface area contributed by atoms with Crippen LogP contribution < -0.4 is 11.1 Å². The van der Waals surface area contributed by atoms with Gasteiger partial charge in [-0.05, 0) is 24.0 Å². The van der Waals surface area contributed by atoms with Gasteiger partial charge in [-0.3, -0.25) is 9.78 Å². The molecule has 1 aromatic heterocycles. The van der Waals surface area contributed by atoms with Crippen LogP contribution in [0.3, 0.4) is 0 Å². The summed E-state index contributed by atoms with van der Waals surface area (Å²) in [5.41, 5.74) is 7.94. The van der Waals surface area contributed by atoms with Crippen LogP contribution in [0.1, 0.15) is 19.4 Å². The Morgan fingerprint density at radius 1 is 1.23 bits per heavy atom. The van der Waals surface area contributed by atoms with Crippen LogP contribution in [0.5, 0.6) is 0 Å². The van der Waals surface area contributed by atoms with Crippen molar-refractivity contribution >= 4 is 41.6 Å². The van der Waals surface area contributed by atoms with Gasteiger partial charge in [0.2, 0.25) is 5.91 Å². The lowest BCUT2D eigenvalue weighted by Crippen LogP contribution is -2.44. The van der Waals surface area contributed by atoms with Gasteiger partial charge in [0.1, 0.15) is 0 Å². The summed E-state index contributed by atoms with van der Waals surface area (Å²) in [7, 11) is 0. The highest BCUT2D eigenvalue weighted by Crippen LogP contribution is 2.15. The summed E-state index contributed by atoms with van der Waals surface area (Å²) in [6.07, 6.45) is 2.55. The second kappa shape index (κ2) is 9.62. The van der Waals surface area contributed by atoms with E-state index in [2.05, 4.69) is 10.3 Å². The largest absolute Gasteiger partial charge is 0.354 e. The fraction of sp³-hybridized carbons (Fsp3) is 0.375. The number of para-hydroxylation sites is 1. The topological polar surface area (TPSA) is 68.0 Å². The smallest absolute Gasteiger partial charge is 0.237 e. The first-order chi connectivity index (χ1) is 9.59. The molecule has 0 saturated carbocycles. The van der Waals surface area contributed by atoms with Crippen molar-refractivity contribution in [3.8, 4) is 0 Å². The number of rotatable bonds is 5. The van der Waals surface area contributed by atoms with Gasteiger partial charge in [-0.15, -0.1) is 24.8 Å². The number of fused-ring (bicyclic) bond motifs is 1. The van der Waals surface area contributed by atoms with E-state index < -0.39 is 6.04 Å². The number of carbonyl (C=O) groups is 1. The Labute approximate surface area is 143 Å². The predicted molar refractivity (Wildman–Crippen MR) is 95.8 cm³/mol. The van der Waals surface area contributed by atoms with Crippen molar-refractivity contribution in [1.82, 2.24) is 10.3 Å². The van der Waals surface area contributed by atoms with Crippen LogP contribution in [-0.4, -0.2) is 23.5 Å². The highest BCUT2D eigenvalue weighted by molar-refractivity contribution is 5.85. The Morgan fingerprint density at radius 2 is 1.91 bits per heavy atom. The lowest BCUT2D eigenvalue weighted by atomic mass is 10.0. The molecule has 2 aromatic rings. The van der Waals surface area contributed by atoms with Crippen LogP contribution >= 0.6 is 24.8 Å². The fourth-order valence-electron chi connectivity index (χ4n) is 2.11. The number of hydrogen-bond donors (Lipinski definition) is 2. The summed E-state index contributed by atoms with van der Waals surface area (Å²) >= 11 is 0. The highest BCUT2D eigenvalue weighted by atomic mass is 35.5. The molecule has 22 heavy (non-hydrogen) atoms. The standard InChI is InChI=1S/C16H21N3O.2ClH/c1-11(2)14(17)16(20)19-10-8-13-6-3-5-12-7-4-9-18-15(12)13;;/h3-7,9,11,14H,8,10,17H2,1-2H3,(H,19,20);2*1H. The van der Waals surface area contributed by atoms with Gasteiger partial charge in [0.05, 0.1) is 11.6 Å². The maximum atomic E-state index is 11.8. The Morgan fingerprint density at radius 3 is 2.59 bits per heavy atom. The number of nitrogens with two attached hydrogens (primary N) is 1. The monoisotopic (exact) mass is 343 g/mol. The van der Waals surface area contributed by atoms with Crippen molar-refractivity contribution < 1.29 is 4.79 Å². The summed E-state index contributed by atoms with van der Waals surface area (Å²) in [4.78, 5) is 16.2. The van der Waals surface area contributed by atoms with E-state index >= 15 is 0 Å². The number of carbonyl (C=O) groups excluding carboxylic acids is 1. The molecule has 122 valence electrons. The molecule has 0 spiro atoms. The third-order valence-electron chi connectivity index (χ3n) is 3.43. The zero-order chi connectivity index (χ0) is 14.5. The lowest BCUT2D eigenvalue weighted by molar-refractivity contribution is -0.123. The van der Waals surface area contributed by atoms with E-state index in [0.717, 1.165) is 22.9 Å². The maximum absolute atomic E-state index is 11.8. The van der Waals surface area contributed by atoms with Crippen molar-refractivity contribution in [2.45, 2.75) is 26.3 Å². The Bertz CT molecular complexity index is 599. The second-order valence-corrected chi connectivity index (χ2v) is 5.30. The molecule has 6 heteroatoms. The van der Waals surface area contributed by atoms with Gasteiger partial charge in [0.25, 0.3) is 0 Å². The van der Waals surface area contributed by atoms with Gasteiger partial charge in [-0.2, -0.15) is 0 Å². The summed E-state index contributed by atoms with van der Waals surface area (Å²) in [6, 6.07) is 9.62. The summed E-state index contributed by atoms with van der Waals surface area (Å²) in [5, 5.41) is 4.01. The van der Waals surface area contributed by atoms with Crippen molar-refractivity contribution in [2.75, 3.05) is 6.54 Å². The van der Waals surface area contributed by atoms with Crippen molar-refractivity contribution in [1.29, 1.82) is 0 Å². The zero-order valence-corrected chi connectivity index (χ0v) is 14.4. The van der Waals surface area contributed by atoms with Crippen molar-refractivity contribution in [3.05, 3.63) is 42.1 Å². The van der Waals surface area contributed by atoms with Gasteiger partial charge >= 0.3 is 0 Å². The normalized spacial score (nSPS) is 11.5. The van der Waals surface area contributed by atoms with E-state index in [1.54, 1.807) is 6.20 Å². The number of nitrogens with zero attached hydrogens (tertiary/aromatic N) is 1. The van der Waals surface area contributed by atoms with Gasteiger partial charge in [0.15, 0.2) is 0 Å². The maximum Gasteiger partial charge on any atom is 0.237 e. The predicted octanol–water partition coefficient (Wildman–Crippen LogP) is 2.72. The molecule has 4 nitrogen and oxygen atoms in total. The van der Waals surface area contributed by atoms with Crippen LogP contribution in [0.4, 0.5) is 0 Å². The molecule has 0 aliphatic carbocycles. The average molecular weight is 344 g/mol.